The molecule has 4 heteroatoms. The maximum absolute atomic E-state index is 8.52. The molecule has 2 rings (SSSR count). The van der Waals surface area contributed by atoms with Crippen molar-refractivity contribution in [1.29, 1.82) is 5.26 Å². The second-order valence-corrected chi connectivity index (χ2v) is 3.87. The van der Waals surface area contributed by atoms with E-state index >= 15 is 0 Å². The summed E-state index contributed by atoms with van der Waals surface area (Å²) in [5, 5.41) is 8.52. The van der Waals surface area contributed by atoms with Crippen LogP contribution in [0.3, 0.4) is 0 Å². The molecule has 0 aliphatic carbocycles. The maximum Gasteiger partial charge on any atom is 0.120 e. The Hall–Kier alpha value is -1.34. The van der Waals surface area contributed by atoms with Gasteiger partial charge in [0.05, 0.1) is 12.5 Å². The Labute approximate surface area is 83.6 Å². The maximum atomic E-state index is 8.52. The molecule has 1 aromatic rings. The van der Waals surface area contributed by atoms with E-state index in [-0.39, 0.29) is 0 Å². The van der Waals surface area contributed by atoms with Crippen LogP contribution in [0, 0.1) is 11.3 Å². The first-order valence-corrected chi connectivity index (χ1v) is 4.89. The highest BCUT2D eigenvalue weighted by molar-refractivity contribution is 5.11. The standard InChI is InChI=1S/C10H14N4/c1-14-5-3-8(7-14)9-6-12-10(13-9)2-4-11/h6,8H,2-3,5,7H2,1H3,(H,12,13). The van der Waals surface area contributed by atoms with Crippen molar-refractivity contribution < 1.29 is 0 Å². The molecule has 0 amide bonds. The van der Waals surface area contributed by atoms with E-state index in [1.54, 1.807) is 0 Å². The largest absolute Gasteiger partial charge is 0.345 e. The van der Waals surface area contributed by atoms with Crippen LogP contribution in [0.15, 0.2) is 6.20 Å². The molecule has 74 valence electrons. The lowest BCUT2D eigenvalue weighted by Crippen LogP contribution is -2.13. The number of likely N-dealkylation sites (N-methyl/N-ethyl adjacent to an activating group) is 1. The SMILES string of the molecule is CN1CCC(c2cnc(CC#N)[nH]2)C1. The van der Waals surface area contributed by atoms with E-state index in [1.165, 1.54) is 12.1 Å². The number of aromatic nitrogens is 2. The van der Waals surface area contributed by atoms with E-state index in [4.69, 9.17) is 5.26 Å². The van der Waals surface area contributed by atoms with Gasteiger partial charge in [-0.1, -0.05) is 0 Å². The molecule has 1 aliphatic heterocycles. The fraction of sp³-hybridized carbons (Fsp3) is 0.600. The summed E-state index contributed by atoms with van der Waals surface area (Å²) in [6.07, 6.45) is 3.43. The Morgan fingerprint density at radius 1 is 1.79 bits per heavy atom. The van der Waals surface area contributed by atoms with Crippen LogP contribution in [0.4, 0.5) is 0 Å². The van der Waals surface area contributed by atoms with Crippen LogP contribution in [0.1, 0.15) is 23.9 Å². The van der Waals surface area contributed by atoms with E-state index in [1.807, 2.05) is 6.20 Å². The second kappa shape index (κ2) is 3.81. The first kappa shape index (κ1) is 9.22. The number of hydrogen-bond acceptors (Lipinski definition) is 3. The molecular weight excluding hydrogens is 176 g/mol. The summed E-state index contributed by atoms with van der Waals surface area (Å²) in [4.78, 5) is 9.71. The van der Waals surface area contributed by atoms with E-state index in [2.05, 4.69) is 28.0 Å². The van der Waals surface area contributed by atoms with Crippen molar-refractivity contribution in [3.8, 4) is 6.07 Å². The zero-order chi connectivity index (χ0) is 9.97. The van der Waals surface area contributed by atoms with Gasteiger partial charge in [0, 0.05) is 24.4 Å². The number of hydrogen-bond donors (Lipinski definition) is 1. The fourth-order valence-electron chi connectivity index (χ4n) is 1.94. The summed E-state index contributed by atoms with van der Waals surface area (Å²) < 4.78 is 0. The first-order chi connectivity index (χ1) is 6.79. The van der Waals surface area contributed by atoms with E-state index in [0.29, 0.717) is 12.3 Å². The van der Waals surface area contributed by atoms with Crippen LogP contribution in [0.5, 0.6) is 0 Å². The zero-order valence-corrected chi connectivity index (χ0v) is 8.32. The van der Waals surface area contributed by atoms with Crippen LogP contribution in [0.25, 0.3) is 0 Å². The molecule has 0 bridgehead atoms. The average Bonchev–Trinajstić information content (AvgIpc) is 2.74. The summed E-state index contributed by atoms with van der Waals surface area (Å²) in [6, 6.07) is 2.09. The van der Waals surface area contributed by atoms with Crippen LogP contribution >= 0.6 is 0 Å². The highest BCUT2D eigenvalue weighted by Gasteiger charge is 2.22. The molecule has 1 aromatic heterocycles. The molecule has 1 fully saturated rings. The first-order valence-electron chi connectivity index (χ1n) is 4.89. The Morgan fingerprint density at radius 3 is 3.29 bits per heavy atom. The van der Waals surface area contributed by atoms with Crippen LogP contribution in [-0.2, 0) is 6.42 Å². The number of imidazole rings is 1. The number of rotatable bonds is 2. The molecule has 0 spiro atoms. The molecular formula is C10H14N4. The van der Waals surface area contributed by atoms with E-state index < -0.39 is 0 Å². The Morgan fingerprint density at radius 2 is 2.64 bits per heavy atom. The predicted molar refractivity (Wildman–Crippen MR) is 52.8 cm³/mol. The molecule has 0 saturated carbocycles. The molecule has 14 heavy (non-hydrogen) atoms. The fourth-order valence-corrected chi connectivity index (χ4v) is 1.94. The third-order valence-electron chi connectivity index (χ3n) is 2.73. The Balaban J connectivity index is 2.06. The van der Waals surface area contributed by atoms with Gasteiger partial charge in [-0.15, -0.1) is 0 Å². The van der Waals surface area contributed by atoms with Gasteiger partial charge < -0.3 is 9.88 Å². The monoisotopic (exact) mass is 190 g/mol. The van der Waals surface area contributed by atoms with Gasteiger partial charge in [0.2, 0.25) is 0 Å². The lowest BCUT2D eigenvalue weighted by atomic mass is 10.1. The van der Waals surface area contributed by atoms with Gasteiger partial charge in [-0.3, -0.25) is 0 Å². The smallest absolute Gasteiger partial charge is 0.120 e. The van der Waals surface area contributed by atoms with Gasteiger partial charge in [0.25, 0.3) is 0 Å². The van der Waals surface area contributed by atoms with Gasteiger partial charge in [-0.2, -0.15) is 5.26 Å². The van der Waals surface area contributed by atoms with Crippen molar-refractivity contribution in [2.24, 2.45) is 0 Å². The van der Waals surface area contributed by atoms with Crippen LogP contribution in [-0.4, -0.2) is 35.0 Å². The zero-order valence-electron chi connectivity index (χ0n) is 8.32. The summed E-state index contributed by atoms with van der Waals surface area (Å²) >= 11 is 0. The summed E-state index contributed by atoms with van der Waals surface area (Å²) in [5.41, 5.74) is 1.18. The van der Waals surface area contributed by atoms with Crippen molar-refractivity contribution in [2.45, 2.75) is 18.8 Å². The lowest BCUT2D eigenvalue weighted by molar-refractivity contribution is 0.411. The van der Waals surface area contributed by atoms with Gasteiger partial charge in [-0.05, 0) is 20.0 Å². The Kier molecular flexibility index (Phi) is 2.51. The van der Waals surface area contributed by atoms with E-state index in [0.717, 1.165) is 18.9 Å². The van der Waals surface area contributed by atoms with E-state index in [9.17, 15) is 0 Å². The summed E-state index contributed by atoms with van der Waals surface area (Å²) in [7, 11) is 2.13. The minimum absolute atomic E-state index is 0.378. The molecule has 0 radical (unpaired) electrons. The molecule has 1 unspecified atom stereocenters. The molecule has 2 heterocycles. The average molecular weight is 190 g/mol. The minimum atomic E-state index is 0.378. The van der Waals surface area contributed by atoms with Crippen molar-refractivity contribution >= 4 is 0 Å². The van der Waals surface area contributed by atoms with Gasteiger partial charge in [0.1, 0.15) is 5.82 Å². The van der Waals surface area contributed by atoms with Gasteiger partial charge in [-0.25, -0.2) is 4.98 Å². The molecule has 4 nitrogen and oxygen atoms in total. The summed E-state index contributed by atoms with van der Waals surface area (Å²) in [5.74, 6) is 1.36. The quantitative estimate of drug-likeness (QED) is 0.753. The molecule has 1 N–H and O–H groups in total. The van der Waals surface area contributed by atoms with Crippen molar-refractivity contribution in [1.82, 2.24) is 14.9 Å². The molecule has 0 aromatic carbocycles. The number of likely N-dealkylation sites (tertiary alicyclic amines) is 1. The van der Waals surface area contributed by atoms with Crippen LogP contribution < -0.4 is 0 Å². The minimum Gasteiger partial charge on any atom is -0.345 e. The normalized spacial score (nSPS) is 22.4. The van der Waals surface area contributed by atoms with Gasteiger partial charge in [0.15, 0.2) is 0 Å². The molecule has 1 atom stereocenters. The number of aromatic amines is 1. The Bertz CT molecular complexity index is 349. The van der Waals surface area contributed by atoms with Crippen molar-refractivity contribution in [2.75, 3.05) is 20.1 Å². The highest BCUT2D eigenvalue weighted by atomic mass is 15.1. The summed E-state index contributed by atoms with van der Waals surface area (Å²) in [6.45, 7) is 2.24. The van der Waals surface area contributed by atoms with Gasteiger partial charge >= 0.3 is 0 Å². The second-order valence-electron chi connectivity index (χ2n) is 3.87. The van der Waals surface area contributed by atoms with Crippen molar-refractivity contribution in [3.05, 3.63) is 17.7 Å². The number of nitrogens with zero attached hydrogens (tertiary/aromatic N) is 3. The number of H-pyrrole nitrogens is 1. The molecule has 1 saturated heterocycles. The number of nitrogens with one attached hydrogen (secondary N) is 1. The third kappa shape index (κ3) is 1.78. The van der Waals surface area contributed by atoms with Crippen LogP contribution in [0.2, 0.25) is 0 Å². The topological polar surface area (TPSA) is 55.7 Å². The predicted octanol–water partition coefficient (Wildman–Crippen LogP) is 0.895. The highest BCUT2D eigenvalue weighted by Crippen LogP contribution is 2.24. The molecule has 1 aliphatic rings. The number of nitriles is 1. The third-order valence-corrected chi connectivity index (χ3v) is 2.73. The lowest BCUT2D eigenvalue weighted by Gasteiger charge is -2.07. The van der Waals surface area contributed by atoms with Crippen molar-refractivity contribution in [3.63, 3.8) is 0 Å².